The number of anilines is 4. The number of nitrogens with one attached hydrogen (secondary N) is 3. The Morgan fingerprint density at radius 1 is 1.06 bits per heavy atom. The Kier molecular flexibility index (Phi) is 6.51. The monoisotopic (exact) mass is 473 g/mol. The average Bonchev–Trinajstić information content (AvgIpc) is 3.31. The number of aliphatic hydroxyl groups is 1. The van der Waals surface area contributed by atoms with Gasteiger partial charge in [-0.1, -0.05) is 0 Å². The van der Waals surface area contributed by atoms with Crippen molar-refractivity contribution in [3.05, 3.63) is 66.4 Å². The molecular formula is C24H27N9O2. The van der Waals surface area contributed by atoms with Crippen LogP contribution in [0.1, 0.15) is 41.7 Å². The van der Waals surface area contributed by atoms with E-state index < -0.39 is 0 Å². The molecule has 11 nitrogen and oxygen atoms in total. The van der Waals surface area contributed by atoms with Crippen LogP contribution in [0, 0.1) is 0 Å². The molecule has 0 unspecified atom stereocenters. The van der Waals surface area contributed by atoms with Crippen molar-refractivity contribution in [2.45, 2.75) is 44.4 Å². The van der Waals surface area contributed by atoms with E-state index in [0.717, 1.165) is 31.2 Å². The number of hydrogen-bond donors (Lipinski definition) is 5. The molecule has 180 valence electrons. The molecular weight excluding hydrogens is 446 g/mol. The summed E-state index contributed by atoms with van der Waals surface area (Å²) >= 11 is 0. The number of imidazole rings is 1. The fraction of sp³-hybridized carbons (Fsp3) is 0.292. The summed E-state index contributed by atoms with van der Waals surface area (Å²) in [4.78, 5) is 25.8. The quantitative estimate of drug-likeness (QED) is 0.272. The molecule has 35 heavy (non-hydrogen) atoms. The Hall–Kier alpha value is -4.09. The van der Waals surface area contributed by atoms with Crippen molar-refractivity contribution in [2.24, 2.45) is 5.73 Å². The zero-order valence-electron chi connectivity index (χ0n) is 19.1. The number of amides is 1. The van der Waals surface area contributed by atoms with Gasteiger partial charge in [0.15, 0.2) is 11.3 Å². The molecule has 6 N–H and O–H groups in total. The van der Waals surface area contributed by atoms with Crippen LogP contribution >= 0.6 is 0 Å². The van der Waals surface area contributed by atoms with E-state index in [1.807, 2.05) is 6.07 Å². The van der Waals surface area contributed by atoms with Gasteiger partial charge >= 0.3 is 0 Å². The zero-order valence-corrected chi connectivity index (χ0v) is 19.1. The first-order valence-electron chi connectivity index (χ1n) is 11.5. The van der Waals surface area contributed by atoms with E-state index in [-0.39, 0.29) is 30.3 Å². The number of fused-ring (bicyclic) bond motifs is 1. The normalized spacial score (nSPS) is 17.8. The third-order valence-corrected chi connectivity index (χ3v) is 6.03. The van der Waals surface area contributed by atoms with Crippen molar-refractivity contribution in [1.82, 2.24) is 24.6 Å². The third kappa shape index (κ3) is 5.20. The van der Waals surface area contributed by atoms with Crippen molar-refractivity contribution >= 4 is 34.6 Å². The fourth-order valence-electron chi connectivity index (χ4n) is 4.17. The Morgan fingerprint density at radius 2 is 1.86 bits per heavy atom. The Morgan fingerprint density at radius 3 is 2.63 bits per heavy atom. The van der Waals surface area contributed by atoms with Crippen molar-refractivity contribution < 1.29 is 9.90 Å². The molecule has 0 aliphatic heterocycles. The van der Waals surface area contributed by atoms with Crippen LogP contribution in [0.2, 0.25) is 0 Å². The highest BCUT2D eigenvalue weighted by Crippen LogP contribution is 2.27. The van der Waals surface area contributed by atoms with Gasteiger partial charge in [-0.05, 0) is 55.5 Å². The van der Waals surface area contributed by atoms with Gasteiger partial charge in [0.2, 0.25) is 0 Å². The van der Waals surface area contributed by atoms with E-state index >= 15 is 0 Å². The maximum Gasteiger partial charge on any atom is 0.276 e. The van der Waals surface area contributed by atoms with Gasteiger partial charge < -0.3 is 26.8 Å². The van der Waals surface area contributed by atoms with E-state index in [1.165, 1.54) is 10.7 Å². The lowest BCUT2D eigenvalue weighted by Gasteiger charge is -2.27. The highest BCUT2D eigenvalue weighted by atomic mass is 16.3. The summed E-state index contributed by atoms with van der Waals surface area (Å²) in [5.74, 6) is 0.808. The lowest BCUT2D eigenvalue weighted by molar-refractivity contribution is 0.102. The van der Waals surface area contributed by atoms with Crippen molar-refractivity contribution in [1.29, 1.82) is 0 Å². The summed E-state index contributed by atoms with van der Waals surface area (Å²) in [5, 5.41) is 23.8. The summed E-state index contributed by atoms with van der Waals surface area (Å²) in [6, 6.07) is 9.25. The molecule has 4 aromatic rings. The van der Waals surface area contributed by atoms with Gasteiger partial charge in [-0.3, -0.25) is 9.78 Å². The number of pyridine rings is 2. The SMILES string of the molecule is NC1CCC(Nc2cc(Nc3cc(CO)ccn3)c3ncc(C(=O)Nc4ccncc4)n3n2)CC1. The number of carbonyl (C=O) groups excluding carboxylic acids is 1. The molecule has 11 heteroatoms. The number of aromatic nitrogens is 5. The largest absolute Gasteiger partial charge is 0.392 e. The minimum atomic E-state index is -0.344. The Bertz CT molecular complexity index is 1320. The minimum Gasteiger partial charge on any atom is -0.392 e. The Labute approximate surface area is 201 Å². The molecule has 1 amide bonds. The van der Waals surface area contributed by atoms with Gasteiger partial charge in [-0.15, -0.1) is 5.10 Å². The van der Waals surface area contributed by atoms with Gasteiger partial charge in [0.1, 0.15) is 11.6 Å². The third-order valence-electron chi connectivity index (χ3n) is 6.03. The van der Waals surface area contributed by atoms with E-state index in [2.05, 4.69) is 36.0 Å². The molecule has 0 atom stereocenters. The average molecular weight is 474 g/mol. The van der Waals surface area contributed by atoms with Gasteiger partial charge in [0.05, 0.1) is 18.5 Å². The molecule has 0 saturated heterocycles. The van der Waals surface area contributed by atoms with E-state index in [4.69, 9.17) is 5.73 Å². The van der Waals surface area contributed by atoms with Crippen LogP contribution in [0.5, 0.6) is 0 Å². The van der Waals surface area contributed by atoms with Crippen LogP contribution in [-0.2, 0) is 6.61 Å². The van der Waals surface area contributed by atoms with Crippen LogP contribution in [-0.4, -0.2) is 47.7 Å². The van der Waals surface area contributed by atoms with Crippen molar-refractivity contribution in [2.75, 3.05) is 16.0 Å². The number of nitrogens with two attached hydrogens (primary N) is 1. The molecule has 1 fully saturated rings. The molecule has 1 aliphatic rings. The van der Waals surface area contributed by atoms with Gasteiger partial charge in [-0.25, -0.2) is 14.5 Å². The second-order valence-electron chi connectivity index (χ2n) is 8.60. The zero-order chi connectivity index (χ0) is 24.2. The van der Waals surface area contributed by atoms with Crippen molar-refractivity contribution in [3.8, 4) is 0 Å². The smallest absolute Gasteiger partial charge is 0.276 e. The first-order valence-corrected chi connectivity index (χ1v) is 11.5. The molecule has 1 aliphatic carbocycles. The number of aliphatic hydroxyl groups excluding tert-OH is 1. The summed E-state index contributed by atoms with van der Waals surface area (Å²) in [5.41, 5.74) is 8.79. The summed E-state index contributed by atoms with van der Waals surface area (Å²) in [6.07, 6.45) is 10.1. The van der Waals surface area contributed by atoms with E-state index in [9.17, 15) is 9.90 Å². The molecule has 0 spiro atoms. The molecule has 4 aromatic heterocycles. The summed E-state index contributed by atoms with van der Waals surface area (Å²) in [7, 11) is 0. The maximum atomic E-state index is 13.1. The lowest BCUT2D eigenvalue weighted by Crippen LogP contribution is -2.33. The second-order valence-corrected chi connectivity index (χ2v) is 8.60. The van der Waals surface area contributed by atoms with Crippen molar-refractivity contribution in [3.63, 3.8) is 0 Å². The maximum absolute atomic E-state index is 13.1. The predicted molar refractivity (Wildman–Crippen MR) is 132 cm³/mol. The highest BCUT2D eigenvalue weighted by molar-refractivity contribution is 6.03. The van der Waals surface area contributed by atoms with Crippen LogP contribution in [0.4, 0.5) is 23.0 Å². The number of carbonyl (C=O) groups is 1. The molecule has 0 bridgehead atoms. The Balaban J connectivity index is 1.50. The van der Waals surface area contributed by atoms with E-state index in [1.54, 1.807) is 42.9 Å². The number of hydrogen-bond acceptors (Lipinski definition) is 9. The fourth-order valence-corrected chi connectivity index (χ4v) is 4.17. The number of nitrogens with zero attached hydrogens (tertiary/aromatic N) is 5. The van der Waals surface area contributed by atoms with Gasteiger partial charge in [0, 0.05) is 42.4 Å². The molecule has 5 rings (SSSR count). The molecule has 0 aromatic carbocycles. The van der Waals surface area contributed by atoms with E-state index in [0.29, 0.717) is 28.7 Å². The lowest BCUT2D eigenvalue weighted by atomic mass is 9.92. The molecule has 0 radical (unpaired) electrons. The first-order chi connectivity index (χ1) is 17.1. The van der Waals surface area contributed by atoms with Crippen LogP contribution in [0.25, 0.3) is 5.65 Å². The summed E-state index contributed by atoms with van der Waals surface area (Å²) in [6.45, 7) is -0.0950. The highest BCUT2D eigenvalue weighted by Gasteiger charge is 2.21. The number of rotatable bonds is 7. The van der Waals surface area contributed by atoms with Crippen LogP contribution < -0.4 is 21.7 Å². The second kappa shape index (κ2) is 10.0. The summed E-state index contributed by atoms with van der Waals surface area (Å²) < 4.78 is 1.52. The topological polar surface area (TPSA) is 155 Å². The predicted octanol–water partition coefficient (Wildman–Crippen LogP) is 2.69. The first kappa shape index (κ1) is 22.7. The molecule has 1 saturated carbocycles. The van der Waals surface area contributed by atoms with Gasteiger partial charge in [-0.2, -0.15) is 0 Å². The van der Waals surface area contributed by atoms with Crippen LogP contribution in [0.15, 0.2) is 55.1 Å². The standard InChI is InChI=1S/C24H27N9O2/c25-16-1-3-17(4-2-16)29-22-12-19(31-21-11-15(14-34)5-10-27-21)23-28-13-20(33(23)32-22)24(35)30-18-6-8-26-9-7-18/h5-13,16-17,34H,1-4,14,25H2,(H,27,31)(H,29,32)(H,26,30,35). The minimum absolute atomic E-state index is 0.0950. The van der Waals surface area contributed by atoms with Crippen LogP contribution in [0.3, 0.4) is 0 Å². The molecule has 4 heterocycles. The van der Waals surface area contributed by atoms with Gasteiger partial charge in [0.25, 0.3) is 5.91 Å².